The number of hydrogen-bond acceptors (Lipinski definition) is 4. The van der Waals surface area contributed by atoms with Crippen LogP contribution in [-0.4, -0.2) is 34.1 Å². The van der Waals surface area contributed by atoms with Crippen LogP contribution < -0.4 is 5.43 Å². The Balaban J connectivity index is 1.87. The van der Waals surface area contributed by atoms with E-state index in [1.54, 1.807) is 5.01 Å². The largest absolute Gasteiger partial charge is 0.481 e. The summed E-state index contributed by atoms with van der Waals surface area (Å²) >= 11 is 0. The van der Waals surface area contributed by atoms with Crippen LogP contribution in [0.15, 0.2) is 30.3 Å². The monoisotopic (exact) mass is 361 g/mol. The molecule has 0 aliphatic carbocycles. The molecule has 1 aromatic rings. The molecule has 0 radical (unpaired) electrons. The third kappa shape index (κ3) is 6.74. The molecule has 1 atom stereocenters. The maximum atomic E-state index is 12.2. The van der Waals surface area contributed by atoms with Crippen molar-refractivity contribution in [1.29, 1.82) is 5.41 Å². The van der Waals surface area contributed by atoms with E-state index in [9.17, 15) is 9.59 Å². The summed E-state index contributed by atoms with van der Waals surface area (Å²) in [5.41, 5.74) is 3.61. The second kappa shape index (κ2) is 10.4. The van der Waals surface area contributed by atoms with Crippen molar-refractivity contribution in [2.45, 2.75) is 64.0 Å². The van der Waals surface area contributed by atoms with Gasteiger partial charge in [-0.2, -0.15) is 0 Å². The van der Waals surface area contributed by atoms with E-state index in [1.807, 2.05) is 30.3 Å². The first-order valence-electron chi connectivity index (χ1n) is 9.12. The van der Waals surface area contributed by atoms with Crippen LogP contribution in [-0.2, 0) is 16.1 Å². The Morgan fingerprint density at radius 1 is 1.23 bits per heavy atom. The van der Waals surface area contributed by atoms with Gasteiger partial charge in [0.15, 0.2) is 0 Å². The van der Waals surface area contributed by atoms with Crippen molar-refractivity contribution in [2.24, 2.45) is 0 Å². The fourth-order valence-corrected chi connectivity index (χ4v) is 3.08. The number of carboxylic acid groups (broad SMARTS) is 1. The van der Waals surface area contributed by atoms with Gasteiger partial charge in [-0.25, -0.2) is 10.2 Å². The first-order chi connectivity index (χ1) is 12.6. The molecule has 1 aromatic carbocycles. The number of ether oxygens (including phenoxy) is 1. The van der Waals surface area contributed by atoms with E-state index in [0.29, 0.717) is 18.7 Å². The lowest BCUT2D eigenvalue weighted by Gasteiger charge is -2.31. The Kier molecular flexibility index (Phi) is 7.92. The molecule has 1 saturated heterocycles. The molecular formula is C19H27N3O4. The first kappa shape index (κ1) is 19.8. The van der Waals surface area contributed by atoms with Crippen molar-refractivity contribution < 1.29 is 19.4 Å². The molecule has 1 fully saturated rings. The second-order valence-corrected chi connectivity index (χ2v) is 6.53. The molecule has 1 aliphatic rings. The molecule has 7 heteroatoms. The van der Waals surface area contributed by atoms with Crippen molar-refractivity contribution in [3.8, 4) is 0 Å². The molecular weight excluding hydrogens is 334 g/mol. The summed E-state index contributed by atoms with van der Waals surface area (Å²) in [6.45, 7) is 0.178. The zero-order valence-corrected chi connectivity index (χ0v) is 14.9. The minimum absolute atomic E-state index is 0.00284. The number of benzene rings is 1. The Bertz CT molecular complexity index is 606. The molecule has 1 amide bonds. The van der Waals surface area contributed by atoms with E-state index < -0.39 is 12.1 Å². The first-order valence-corrected chi connectivity index (χ1v) is 9.12. The summed E-state index contributed by atoms with van der Waals surface area (Å²) in [5, 5.41) is 18.6. The van der Waals surface area contributed by atoms with E-state index in [0.717, 1.165) is 37.7 Å². The molecule has 2 rings (SSSR count). The van der Waals surface area contributed by atoms with Crippen LogP contribution in [0.4, 0.5) is 4.79 Å². The van der Waals surface area contributed by atoms with Crippen LogP contribution in [0.1, 0.15) is 56.9 Å². The highest BCUT2D eigenvalue weighted by Crippen LogP contribution is 2.21. The maximum absolute atomic E-state index is 12.2. The minimum atomic E-state index is -0.793. The molecule has 1 aliphatic heterocycles. The smallest absolute Gasteiger partial charge is 0.426 e. The van der Waals surface area contributed by atoms with Crippen molar-refractivity contribution in [1.82, 2.24) is 10.4 Å². The standard InChI is InChI=1S/C19H27N3O4/c20-17-12-6-4-10-16(11-5-7-13-18(23)24)22(17)21-19(25)26-14-15-8-2-1-3-9-15/h1-3,8-9,16,20H,4-7,10-14H2,(H,21,25)(H,23,24). The molecule has 7 nitrogen and oxygen atoms in total. The van der Waals surface area contributed by atoms with E-state index in [1.165, 1.54) is 0 Å². The Morgan fingerprint density at radius 2 is 2.00 bits per heavy atom. The number of amidine groups is 1. The van der Waals surface area contributed by atoms with Gasteiger partial charge in [-0.1, -0.05) is 43.2 Å². The van der Waals surface area contributed by atoms with Gasteiger partial charge >= 0.3 is 12.1 Å². The van der Waals surface area contributed by atoms with Gasteiger partial charge < -0.3 is 9.84 Å². The summed E-state index contributed by atoms with van der Waals surface area (Å²) in [6.07, 6.45) is 5.07. The molecule has 0 bridgehead atoms. The van der Waals surface area contributed by atoms with Gasteiger partial charge in [-0.3, -0.25) is 15.2 Å². The predicted octanol–water partition coefficient (Wildman–Crippen LogP) is 3.69. The fraction of sp³-hybridized carbons (Fsp3) is 0.526. The van der Waals surface area contributed by atoms with Crippen LogP contribution in [0.3, 0.4) is 0 Å². The van der Waals surface area contributed by atoms with E-state index >= 15 is 0 Å². The summed E-state index contributed by atoms with van der Waals surface area (Å²) in [6, 6.07) is 9.43. The maximum Gasteiger partial charge on any atom is 0.426 e. The van der Waals surface area contributed by atoms with E-state index in [4.69, 9.17) is 15.3 Å². The molecule has 0 spiro atoms. The van der Waals surface area contributed by atoms with Gasteiger partial charge in [0, 0.05) is 12.8 Å². The number of carboxylic acids is 1. The SMILES string of the molecule is N=C1CCCCC(CCCCC(=O)O)N1NC(=O)OCc1ccccc1. The third-order valence-electron chi connectivity index (χ3n) is 4.46. The second-order valence-electron chi connectivity index (χ2n) is 6.53. The number of carbonyl (C=O) groups excluding carboxylic acids is 1. The average molecular weight is 361 g/mol. The highest BCUT2D eigenvalue weighted by atomic mass is 16.6. The normalized spacial score (nSPS) is 17.5. The van der Waals surface area contributed by atoms with E-state index in [-0.39, 0.29) is 19.1 Å². The molecule has 0 saturated carbocycles. The van der Waals surface area contributed by atoms with Crippen LogP contribution in [0.5, 0.6) is 0 Å². The molecule has 1 heterocycles. The lowest BCUT2D eigenvalue weighted by molar-refractivity contribution is -0.137. The highest BCUT2D eigenvalue weighted by molar-refractivity contribution is 5.82. The van der Waals surface area contributed by atoms with Crippen molar-refractivity contribution >= 4 is 17.9 Å². The molecule has 26 heavy (non-hydrogen) atoms. The lowest BCUT2D eigenvalue weighted by atomic mass is 10.0. The van der Waals surface area contributed by atoms with E-state index in [2.05, 4.69) is 5.43 Å². The summed E-state index contributed by atoms with van der Waals surface area (Å²) in [7, 11) is 0. The van der Waals surface area contributed by atoms with Crippen LogP contribution >= 0.6 is 0 Å². The van der Waals surface area contributed by atoms with Crippen molar-refractivity contribution in [3.63, 3.8) is 0 Å². The van der Waals surface area contributed by atoms with Gasteiger partial charge in [-0.15, -0.1) is 0 Å². The van der Waals surface area contributed by atoms with Gasteiger partial charge in [0.05, 0.1) is 6.04 Å². The molecule has 0 aromatic heterocycles. The quantitative estimate of drug-likeness (QED) is 0.613. The van der Waals surface area contributed by atoms with Gasteiger partial charge in [0.1, 0.15) is 12.4 Å². The highest BCUT2D eigenvalue weighted by Gasteiger charge is 2.25. The number of hydrazine groups is 1. The number of unbranched alkanes of at least 4 members (excludes halogenated alkanes) is 1. The van der Waals surface area contributed by atoms with Crippen LogP contribution in [0.25, 0.3) is 0 Å². The average Bonchev–Trinajstić information content (AvgIpc) is 2.80. The zero-order valence-electron chi connectivity index (χ0n) is 14.9. The number of nitrogens with one attached hydrogen (secondary N) is 2. The van der Waals surface area contributed by atoms with Crippen LogP contribution in [0.2, 0.25) is 0 Å². The summed E-state index contributed by atoms with van der Waals surface area (Å²) in [5.74, 6) is -0.416. The summed E-state index contributed by atoms with van der Waals surface area (Å²) in [4.78, 5) is 22.8. The molecule has 142 valence electrons. The van der Waals surface area contributed by atoms with Crippen molar-refractivity contribution in [3.05, 3.63) is 35.9 Å². The summed E-state index contributed by atoms with van der Waals surface area (Å²) < 4.78 is 5.26. The zero-order chi connectivity index (χ0) is 18.8. The number of hydrogen-bond donors (Lipinski definition) is 3. The number of nitrogens with zero attached hydrogens (tertiary/aromatic N) is 1. The Hall–Kier alpha value is -2.57. The Morgan fingerprint density at radius 3 is 2.73 bits per heavy atom. The third-order valence-corrected chi connectivity index (χ3v) is 4.46. The number of amides is 1. The fourth-order valence-electron chi connectivity index (χ4n) is 3.08. The molecule has 3 N–H and O–H groups in total. The topological polar surface area (TPSA) is 103 Å². The number of aliphatic carboxylic acids is 1. The van der Waals surface area contributed by atoms with Gasteiger partial charge in [0.25, 0.3) is 0 Å². The van der Waals surface area contributed by atoms with Gasteiger partial charge in [-0.05, 0) is 31.2 Å². The predicted molar refractivity (Wildman–Crippen MR) is 97.7 cm³/mol. The lowest BCUT2D eigenvalue weighted by Crippen LogP contribution is -2.51. The van der Waals surface area contributed by atoms with Crippen LogP contribution in [0, 0.1) is 5.41 Å². The molecule has 1 unspecified atom stereocenters. The van der Waals surface area contributed by atoms with Gasteiger partial charge in [0.2, 0.25) is 0 Å². The Labute approximate surface area is 153 Å². The minimum Gasteiger partial charge on any atom is -0.481 e. The van der Waals surface area contributed by atoms with Crippen molar-refractivity contribution in [2.75, 3.05) is 0 Å². The number of rotatable bonds is 8. The number of carbonyl (C=O) groups is 2.